The summed E-state index contributed by atoms with van der Waals surface area (Å²) in [5.74, 6) is 0. The van der Waals surface area contributed by atoms with E-state index in [0.717, 1.165) is 19.7 Å². The molecule has 1 N–H and O–H groups in total. The fraction of sp³-hybridized carbons (Fsp3) is 0.667. The van der Waals surface area contributed by atoms with Gasteiger partial charge in [0.05, 0.1) is 6.61 Å². The summed E-state index contributed by atoms with van der Waals surface area (Å²) in [7, 11) is 3.95. The Morgan fingerprint density at radius 2 is 1.81 bits per heavy atom. The zero-order chi connectivity index (χ0) is 15.9. The second-order valence-electron chi connectivity index (χ2n) is 6.68. The molecule has 3 nitrogen and oxygen atoms in total. The highest BCUT2D eigenvalue weighted by atomic mass is 16.5. The van der Waals surface area contributed by atoms with Gasteiger partial charge in [0.1, 0.15) is 0 Å². The van der Waals surface area contributed by atoms with Crippen LogP contribution in [0.2, 0.25) is 0 Å². The van der Waals surface area contributed by atoms with Crippen LogP contribution in [0.3, 0.4) is 0 Å². The van der Waals surface area contributed by atoms with Crippen molar-refractivity contribution >= 4 is 0 Å². The van der Waals surface area contributed by atoms with Crippen molar-refractivity contribution in [3.8, 4) is 0 Å². The standard InChI is InChI=1S/C18H32N2O/c1-15(2)19-13-18(4,17-10-8-7-9-11-17)14-20(5)16(3)12-21-6/h7-11,15-16,19H,12-14H2,1-6H3. The summed E-state index contributed by atoms with van der Waals surface area (Å²) in [6.07, 6.45) is 0. The van der Waals surface area contributed by atoms with Crippen LogP contribution < -0.4 is 5.32 Å². The summed E-state index contributed by atoms with van der Waals surface area (Å²) in [5, 5.41) is 3.60. The van der Waals surface area contributed by atoms with Crippen LogP contribution in [0.4, 0.5) is 0 Å². The highest BCUT2D eigenvalue weighted by Gasteiger charge is 2.29. The Morgan fingerprint density at radius 1 is 1.19 bits per heavy atom. The fourth-order valence-electron chi connectivity index (χ4n) is 2.59. The molecule has 0 fully saturated rings. The first kappa shape index (κ1) is 18.1. The number of benzene rings is 1. The molecule has 0 aliphatic heterocycles. The van der Waals surface area contributed by atoms with E-state index in [1.165, 1.54) is 5.56 Å². The lowest BCUT2D eigenvalue weighted by Gasteiger charge is -2.37. The Morgan fingerprint density at radius 3 is 2.33 bits per heavy atom. The first-order chi connectivity index (χ1) is 9.89. The molecule has 1 aromatic rings. The zero-order valence-electron chi connectivity index (χ0n) is 14.5. The van der Waals surface area contributed by atoms with E-state index in [-0.39, 0.29) is 5.41 Å². The van der Waals surface area contributed by atoms with E-state index in [0.29, 0.717) is 12.1 Å². The van der Waals surface area contributed by atoms with Gasteiger partial charge in [-0.1, -0.05) is 51.1 Å². The molecule has 120 valence electrons. The minimum atomic E-state index is 0.0856. The fourth-order valence-corrected chi connectivity index (χ4v) is 2.59. The molecule has 0 saturated heterocycles. The average Bonchev–Trinajstić information content (AvgIpc) is 2.46. The van der Waals surface area contributed by atoms with Crippen LogP contribution in [0.5, 0.6) is 0 Å². The van der Waals surface area contributed by atoms with Gasteiger partial charge < -0.3 is 15.0 Å². The molecule has 0 aliphatic rings. The number of likely N-dealkylation sites (N-methyl/N-ethyl adjacent to an activating group) is 1. The Bertz CT molecular complexity index is 393. The van der Waals surface area contributed by atoms with Crippen LogP contribution in [0, 0.1) is 0 Å². The number of hydrogen-bond acceptors (Lipinski definition) is 3. The van der Waals surface area contributed by atoms with Gasteiger partial charge in [-0.15, -0.1) is 0 Å². The van der Waals surface area contributed by atoms with Crippen LogP contribution >= 0.6 is 0 Å². The third-order valence-corrected chi connectivity index (χ3v) is 4.13. The van der Waals surface area contributed by atoms with E-state index in [1.807, 2.05) is 0 Å². The number of methoxy groups -OCH3 is 1. The second-order valence-corrected chi connectivity index (χ2v) is 6.68. The summed E-state index contributed by atoms with van der Waals surface area (Å²) >= 11 is 0. The molecular formula is C18H32N2O. The molecule has 21 heavy (non-hydrogen) atoms. The third-order valence-electron chi connectivity index (χ3n) is 4.13. The number of hydrogen-bond donors (Lipinski definition) is 1. The zero-order valence-corrected chi connectivity index (χ0v) is 14.5. The van der Waals surface area contributed by atoms with Crippen molar-refractivity contribution in [3.05, 3.63) is 35.9 Å². The first-order valence-corrected chi connectivity index (χ1v) is 7.87. The van der Waals surface area contributed by atoms with Crippen molar-refractivity contribution in [3.63, 3.8) is 0 Å². The van der Waals surface area contributed by atoms with Crippen LogP contribution in [-0.2, 0) is 10.2 Å². The van der Waals surface area contributed by atoms with Crippen molar-refractivity contribution < 1.29 is 4.74 Å². The van der Waals surface area contributed by atoms with E-state index in [9.17, 15) is 0 Å². The Kier molecular flexibility index (Phi) is 7.36. The molecule has 0 amide bonds. The van der Waals surface area contributed by atoms with Crippen LogP contribution in [0.25, 0.3) is 0 Å². The second kappa shape index (κ2) is 8.52. The Balaban J connectivity index is 2.86. The van der Waals surface area contributed by atoms with Gasteiger partial charge in [-0.05, 0) is 19.5 Å². The number of nitrogens with one attached hydrogen (secondary N) is 1. The van der Waals surface area contributed by atoms with Crippen molar-refractivity contribution in [2.75, 3.05) is 33.9 Å². The Labute approximate surface area is 130 Å². The molecule has 0 bridgehead atoms. The van der Waals surface area contributed by atoms with Crippen molar-refractivity contribution in [1.29, 1.82) is 0 Å². The SMILES string of the molecule is COCC(C)N(C)CC(C)(CNC(C)C)c1ccccc1. The lowest BCUT2D eigenvalue weighted by molar-refractivity contribution is 0.101. The molecule has 3 heteroatoms. The summed E-state index contributed by atoms with van der Waals surface area (Å²) in [6, 6.07) is 11.7. The quantitative estimate of drug-likeness (QED) is 0.757. The van der Waals surface area contributed by atoms with Crippen LogP contribution in [-0.4, -0.2) is 50.8 Å². The normalized spacial score (nSPS) is 16.2. The van der Waals surface area contributed by atoms with Crippen molar-refractivity contribution in [1.82, 2.24) is 10.2 Å². The molecule has 0 saturated carbocycles. The number of rotatable bonds is 9. The van der Waals surface area contributed by atoms with Gasteiger partial charge in [-0.3, -0.25) is 0 Å². The van der Waals surface area contributed by atoms with Crippen LogP contribution in [0.1, 0.15) is 33.3 Å². The van der Waals surface area contributed by atoms with Gasteiger partial charge in [0.25, 0.3) is 0 Å². The van der Waals surface area contributed by atoms with Gasteiger partial charge in [0.2, 0.25) is 0 Å². The highest BCUT2D eigenvalue weighted by Crippen LogP contribution is 2.25. The topological polar surface area (TPSA) is 24.5 Å². The van der Waals surface area contributed by atoms with Gasteiger partial charge in [-0.2, -0.15) is 0 Å². The Hall–Kier alpha value is -0.900. The lowest BCUT2D eigenvalue weighted by atomic mass is 9.81. The maximum atomic E-state index is 5.29. The average molecular weight is 292 g/mol. The first-order valence-electron chi connectivity index (χ1n) is 7.87. The maximum absolute atomic E-state index is 5.29. The summed E-state index contributed by atoms with van der Waals surface area (Å²) in [5.41, 5.74) is 1.47. The summed E-state index contributed by atoms with van der Waals surface area (Å²) in [6.45, 7) is 11.7. The monoisotopic (exact) mass is 292 g/mol. The van der Waals surface area contributed by atoms with Gasteiger partial charge in [0.15, 0.2) is 0 Å². The van der Waals surface area contributed by atoms with E-state index in [4.69, 9.17) is 4.74 Å². The smallest absolute Gasteiger partial charge is 0.0615 e. The predicted molar refractivity (Wildman–Crippen MR) is 90.9 cm³/mol. The molecule has 0 radical (unpaired) electrons. The van der Waals surface area contributed by atoms with E-state index >= 15 is 0 Å². The minimum absolute atomic E-state index is 0.0856. The minimum Gasteiger partial charge on any atom is -0.383 e. The highest BCUT2D eigenvalue weighted by molar-refractivity contribution is 5.25. The molecular weight excluding hydrogens is 260 g/mol. The molecule has 0 aliphatic carbocycles. The van der Waals surface area contributed by atoms with E-state index in [2.05, 4.69) is 75.3 Å². The van der Waals surface area contributed by atoms with Crippen LogP contribution in [0.15, 0.2) is 30.3 Å². The molecule has 0 heterocycles. The number of nitrogens with zero attached hydrogens (tertiary/aromatic N) is 1. The predicted octanol–water partition coefficient (Wildman–Crippen LogP) is 2.91. The van der Waals surface area contributed by atoms with E-state index in [1.54, 1.807) is 7.11 Å². The largest absolute Gasteiger partial charge is 0.383 e. The van der Waals surface area contributed by atoms with Crippen molar-refractivity contribution in [2.24, 2.45) is 0 Å². The van der Waals surface area contributed by atoms with Gasteiger partial charge in [-0.25, -0.2) is 0 Å². The van der Waals surface area contributed by atoms with Gasteiger partial charge in [0, 0.05) is 37.7 Å². The molecule has 0 spiro atoms. The molecule has 1 aromatic carbocycles. The summed E-state index contributed by atoms with van der Waals surface area (Å²) < 4.78 is 5.29. The van der Waals surface area contributed by atoms with Gasteiger partial charge >= 0.3 is 0 Å². The number of ether oxygens (including phenoxy) is 1. The molecule has 2 unspecified atom stereocenters. The molecule has 1 rings (SSSR count). The maximum Gasteiger partial charge on any atom is 0.0615 e. The lowest BCUT2D eigenvalue weighted by Crippen LogP contribution is -2.48. The van der Waals surface area contributed by atoms with Crippen molar-refractivity contribution in [2.45, 2.75) is 45.2 Å². The van der Waals surface area contributed by atoms with E-state index < -0.39 is 0 Å². The summed E-state index contributed by atoms with van der Waals surface area (Å²) in [4.78, 5) is 2.39. The third kappa shape index (κ3) is 5.77. The molecule has 0 aromatic heterocycles. The molecule has 2 atom stereocenters.